The highest BCUT2D eigenvalue weighted by Crippen LogP contribution is 2.29. The van der Waals surface area contributed by atoms with Crippen LogP contribution < -0.4 is 5.32 Å². The van der Waals surface area contributed by atoms with E-state index in [1.807, 2.05) is 60.8 Å². The van der Waals surface area contributed by atoms with Crippen LogP contribution in [0.5, 0.6) is 0 Å². The van der Waals surface area contributed by atoms with Crippen molar-refractivity contribution in [1.29, 1.82) is 0 Å². The summed E-state index contributed by atoms with van der Waals surface area (Å²) >= 11 is 1.60. The molecule has 1 N–H and O–H groups in total. The second kappa shape index (κ2) is 6.81. The number of carbonyl (C=O) groups excluding carboxylic acids is 1. The van der Waals surface area contributed by atoms with Gasteiger partial charge in [0, 0.05) is 16.5 Å². The van der Waals surface area contributed by atoms with Crippen LogP contribution in [0.3, 0.4) is 0 Å². The lowest BCUT2D eigenvalue weighted by Crippen LogP contribution is -2.14. The molecule has 0 saturated heterocycles. The van der Waals surface area contributed by atoms with Crippen LogP contribution in [0.25, 0.3) is 11.3 Å². The summed E-state index contributed by atoms with van der Waals surface area (Å²) in [7, 11) is 0. The second-order valence-electron chi connectivity index (χ2n) is 7.08. The van der Waals surface area contributed by atoms with Crippen LogP contribution in [-0.4, -0.2) is 10.9 Å². The van der Waals surface area contributed by atoms with E-state index < -0.39 is 0 Å². The maximum atomic E-state index is 12.6. The van der Waals surface area contributed by atoms with Gasteiger partial charge in [0.15, 0.2) is 0 Å². The fraction of sp³-hybridized carbons (Fsp3) is 0.238. The van der Waals surface area contributed by atoms with Crippen molar-refractivity contribution >= 4 is 22.9 Å². The molecule has 1 amide bonds. The Morgan fingerprint density at radius 3 is 2.32 bits per heavy atom. The Morgan fingerprint density at radius 2 is 1.72 bits per heavy atom. The summed E-state index contributed by atoms with van der Waals surface area (Å²) < 4.78 is 0. The van der Waals surface area contributed by atoms with Gasteiger partial charge in [-0.15, -0.1) is 11.3 Å². The van der Waals surface area contributed by atoms with Gasteiger partial charge in [0.1, 0.15) is 0 Å². The summed E-state index contributed by atoms with van der Waals surface area (Å²) in [4.78, 5) is 17.2. The number of benzene rings is 2. The van der Waals surface area contributed by atoms with Crippen molar-refractivity contribution < 1.29 is 4.79 Å². The number of aromatic nitrogens is 1. The molecular weight excluding hydrogens is 328 g/mol. The summed E-state index contributed by atoms with van der Waals surface area (Å²) in [6.07, 6.45) is 0. The number of carbonyl (C=O) groups is 1. The van der Waals surface area contributed by atoms with Crippen LogP contribution in [-0.2, 0) is 5.41 Å². The minimum absolute atomic E-state index is 0.0735. The number of nitrogens with one attached hydrogen (secondary N) is 1. The SMILES string of the molecule is Cc1nc(-c2ccccc2NC(=O)c2ccc(C(C)(C)C)cc2)cs1. The molecular formula is C21H22N2OS. The lowest BCUT2D eigenvalue weighted by molar-refractivity contribution is 0.102. The molecule has 0 spiro atoms. The van der Waals surface area contributed by atoms with Crippen molar-refractivity contribution in [2.24, 2.45) is 0 Å². The van der Waals surface area contributed by atoms with Gasteiger partial charge < -0.3 is 5.32 Å². The third-order valence-electron chi connectivity index (χ3n) is 4.08. The average Bonchev–Trinajstić information content (AvgIpc) is 3.01. The summed E-state index contributed by atoms with van der Waals surface area (Å²) in [5.74, 6) is -0.111. The molecule has 0 atom stereocenters. The van der Waals surface area contributed by atoms with Crippen molar-refractivity contribution in [3.8, 4) is 11.3 Å². The standard InChI is InChI=1S/C21H22N2OS/c1-14-22-19(13-25-14)17-7-5-6-8-18(17)23-20(24)15-9-11-16(12-10-15)21(2,3)4/h5-13H,1-4H3,(H,23,24). The van der Waals surface area contributed by atoms with E-state index in [2.05, 4.69) is 31.1 Å². The molecule has 128 valence electrons. The van der Waals surface area contributed by atoms with Crippen molar-refractivity contribution in [3.05, 3.63) is 70.0 Å². The van der Waals surface area contributed by atoms with Gasteiger partial charge in [0.25, 0.3) is 5.91 Å². The van der Waals surface area contributed by atoms with E-state index >= 15 is 0 Å². The lowest BCUT2D eigenvalue weighted by Gasteiger charge is -2.19. The van der Waals surface area contributed by atoms with Gasteiger partial charge in [-0.05, 0) is 36.1 Å². The molecule has 25 heavy (non-hydrogen) atoms. The van der Waals surface area contributed by atoms with E-state index in [-0.39, 0.29) is 11.3 Å². The van der Waals surface area contributed by atoms with E-state index in [9.17, 15) is 4.79 Å². The van der Waals surface area contributed by atoms with Crippen molar-refractivity contribution in [2.45, 2.75) is 33.1 Å². The maximum absolute atomic E-state index is 12.6. The zero-order valence-electron chi connectivity index (χ0n) is 15.0. The maximum Gasteiger partial charge on any atom is 0.255 e. The van der Waals surface area contributed by atoms with Crippen molar-refractivity contribution in [2.75, 3.05) is 5.32 Å². The number of thiazole rings is 1. The summed E-state index contributed by atoms with van der Waals surface area (Å²) in [6, 6.07) is 15.6. The summed E-state index contributed by atoms with van der Waals surface area (Å²) in [6.45, 7) is 8.46. The molecule has 3 aromatic rings. The normalized spacial score (nSPS) is 11.4. The predicted octanol–water partition coefficient (Wildman–Crippen LogP) is 5.67. The van der Waals surface area contributed by atoms with Crippen LogP contribution in [0.1, 0.15) is 41.7 Å². The minimum Gasteiger partial charge on any atom is -0.321 e. The second-order valence-corrected chi connectivity index (χ2v) is 8.14. The highest BCUT2D eigenvalue weighted by molar-refractivity contribution is 7.09. The fourth-order valence-corrected chi connectivity index (χ4v) is 3.23. The predicted molar refractivity (Wildman–Crippen MR) is 105 cm³/mol. The van der Waals surface area contributed by atoms with Crippen molar-refractivity contribution in [3.63, 3.8) is 0 Å². The first-order valence-corrected chi connectivity index (χ1v) is 9.16. The summed E-state index contributed by atoms with van der Waals surface area (Å²) in [5.41, 5.74) is 4.54. The number of para-hydroxylation sites is 1. The third kappa shape index (κ3) is 3.97. The van der Waals surface area contributed by atoms with Gasteiger partial charge >= 0.3 is 0 Å². The van der Waals surface area contributed by atoms with Crippen molar-refractivity contribution in [1.82, 2.24) is 4.98 Å². The van der Waals surface area contributed by atoms with E-state index in [0.29, 0.717) is 5.56 Å². The number of nitrogens with zero attached hydrogens (tertiary/aromatic N) is 1. The first-order valence-electron chi connectivity index (χ1n) is 8.28. The first kappa shape index (κ1) is 17.4. The Morgan fingerprint density at radius 1 is 1.04 bits per heavy atom. The number of aryl methyl sites for hydroxylation is 1. The smallest absolute Gasteiger partial charge is 0.255 e. The van der Waals surface area contributed by atoms with E-state index in [4.69, 9.17) is 0 Å². The molecule has 1 heterocycles. The Balaban J connectivity index is 1.84. The van der Waals surface area contributed by atoms with Crippen LogP contribution in [0.4, 0.5) is 5.69 Å². The van der Waals surface area contributed by atoms with Gasteiger partial charge in [0.2, 0.25) is 0 Å². The van der Waals surface area contributed by atoms with Crippen LogP contribution in [0.2, 0.25) is 0 Å². The fourth-order valence-electron chi connectivity index (χ4n) is 2.62. The number of rotatable bonds is 3. The number of hydrogen-bond acceptors (Lipinski definition) is 3. The number of amides is 1. The average molecular weight is 350 g/mol. The Labute approximate surface area is 152 Å². The molecule has 0 unspecified atom stereocenters. The quantitative estimate of drug-likeness (QED) is 0.661. The highest BCUT2D eigenvalue weighted by Gasteiger charge is 2.15. The molecule has 0 saturated carbocycles. The minimum atomic E-state index is -0.111. The zero-order valence-corrected chi connectivity index (χ0v) is 15.8. The largest absolute Gasteiger partial charge is 0.321 e. The number of hydrogen-bond donors (Lipinski definition) is 1. The molecule has 0 fully saturated rings. The van der Waals surface area contributed by atoms with Gasteiger partial charge in [-0.2, -0.15) is 0 Å². The monoisotopic (exact) mass is 350 g/mol. The van der Waals surface area contributed by atoms with E-state index in [1.54, 1.807) is 11.3 Å². The molecule has 2 aromatic carbocycles. The summed E-state index contributed by atoms with van der Waals surface area (Å²) in [5, 5.41) is 6.04. The first-order chi connectivity index (χ1) is 11.8. The van der Waals surface area contributed by atoms with E-state index in [0.717, 1.165) is 22.0 Å². The van der Waals surface area contributed by atoms with Gasteiger partial charge in [-0.3, -0.25) is 4.79 Å². The van der Waals surface area contributed by atoms with Crippen LogP contribution in [0.15, 0.2) is 53.9 Å². The highest BCUT2D eigenvalue weighted by atomic mass is 32.1. The van der Waals surface area contributed by atoms with E-state index in [1.165, 1.54) is 5.56 Å². The Kier molecular flexibility index (Phi) is 4.73. The zero-order chi connectivity index (χ0) is 18.0. The third-order valence-corrected chi connectivity index (χ3v) is 4.86. The topological polar surface area (TPSA) is 42.0 Å². The van der Waals surface area contributed by atoms with Gasteiger partial charge in [-0.25, -0.2) is 4.98 Å². The molecule has 0 aliphatic carbocycles. The molecule has 0 bridgehead atoms. The molecule has 0 radical (unpaired) electrons. The lowest BCUT2D eigenvalue weighted by atomic mass is 9.86. The molecule has 1 aromatic heterocycles. The Bertz CT molecular complexity index is 889. The van der Waals surface area contributed by atoms with Crippen LogP contribution in [0, 0.1) is 6.92 Å². The van der Waals surface area contributed by atoms with Gasteiger partial charge in [-0.1, -0.05) is 51.1 Å². The van der Waals surface area contributed by atoms with Gasteiger partial charge in [0.05, 0.1) is 16.4 Å². The molecule has 0 aliphatic heterocycles. The molecule has 3 rings (SSSR count). The molecule has 3 nitrogen and oxygen atoms in total. The Hall–Kier alpha value is -2.46. The molecule has 0 aliphatic rings. The number of anilines is 1. The molecule has 4 heteroatoms. The van der Waals surface area contributed by atoms with Crippen LogP contribution >= 0.6 is 11.3 Å².